The summed E-state index contributed by atoms with van der Waals surface area (Å²) in [6.07, 6.45) is 3.47. The van der Waals surface area contributed by atoms with Gasteiger partial charge in [0, 0.05) is 21.8 Å². The quantitative estimate of drug-likeness (QED) is 0.537. The van der Waals surface area contributed by atoms with Gasteiger partial charge in [-0.1, -0.05) is 11.6 Å². The van der Waals surface area contributed by atoms with Crippen LogP contribution in [0.25, 0.3) is 25.7 Å². The number of nitrogens with zero attached hydrogens (tertiary/aromatic N) is 4. The van der Waals surface area contributed by atoms with E-state index >= 15 is 0 Å². The lowest BCUT2D eigenvalue weighted by atomic mass is 10.4. The van der Waals surface area contributed by atoms with Crippen molar-refractivity contribution in [3.05, 3.63) is 35.1 Å². The molecule has 0 atom stereocenters. The first-order chi connectivity index (χ1) is 8.83. The predicted octanol–water partition coefficient (Wildman–Crippen LogP) is 3.72. The molecule has 0 aliphatic rings. The molecule has 4 heterocycles. The van der Waals surface area contributed by atoms with Crippen molar-refractivity contribution in [3.63, 3.8) is 0 Å². The molecule has 4 rings (SSSR count). The molecular weight excluding hydrogens is 288 g/mol. The van der Waals surface area contributed by atoms with E-state index in [1.807, 2.05) is 10.6 Å². The van der Waals surface area contributed by atoms with Crippen LogP contribution in [0.2, 0.25) is 5.15 Å². The Bertz CT molecular complexity index is 832. The Morgan fingerprint density at radius 2 is 2.17 bits per heavy atom. The molecule has 0 amide bonds. The van der Waals surface area contributed by atoms with E-state index in [0.717, 1.165) is 10.7 Å². The van der Waals surface area contributed by atoms with Gasteiger partial charge in [0.25, 0.3) is 0 Å². The molecule has 18 heavy (non-hydrogen) atoms. The Balaban J connectivity index is 2.02. The van der Waals surface area contributed by atoms with Gasteiger partial charge in [0.05, 0.1) is 4.88 Å². The lowest BCUT2D eigenvalue weighted by Crippen LogP contribution is -1.89. The molecule has 0 spiro atoms. The minimum atomic E-state index is 0.370. The predicted molar refractivity (Wildman–Crippen MR) is 74.5 cm³/mol. The highest BCUT2D eigenvalue weighted by Crippen LogP contribution is 2.35. The maximum Gasteiger partial charge on any atom is 0.198 e. The van der Waals surface area contributed by atoms with Crippen LogP contribution in [0.5, 0.6) is 0 Å². The van der Waals surface area contributed by atoms with Crippen LogP contribution < -0.4 is 0 Å². The van der Waals surface area contributed by atoms with Crippen LogP contribution in [0.15, 0.2) is 29.9 Å². The average molecular weight is 293 g/mol. The molecule has 0 aliphatic heterocycles. The highest BCUT2D eigenvalue weighted by Gasteiger charge is 2.13. The van der Waals surface area contributed by atoms with Crippen LogP contribution in [-0.4, -0.2) is 19.6 Å². The Morgan fingerprint density at radius 1 is 1.22 bits per heavy atom. The van der Waals surface area contributed by atoms with Crippen LogP contribution >= 0.6 is 34.3 Å². The van der Waals surface area contributed by atoms with E-state index in [0.29, 0.717) is 10.8 Å². The summed E-state index contributed by atoms with van der Waals surface area (Å²) in [6.45, 7) is 0. The van der Waals surface area contributed by atoms with E-state index in [2.05, 4.69) is 32.7 Å². The lowest BCUT2D eigenvalue weighted by Gasteiger charge is -1.96. The van der Waals surface area contributed by atoms with Crippen LogP contribution in [0.3, 0.4) is 0 Å². The van der Waals surface area contributed by atoms with Gasteiger partial charge < -0.3 is 0 Å². The van der Waals surface area contributed by atoms with Gasteiger partial charge in [-0.25, -0.2) is 4.98 Å². The SMILES string of the molecule is Clc1nccn2c(-c3cc4sccc4s3)nnc12. The van der Waals surface area contributed by atoms with E-state index in [1.54, 1.807) is 28.9 Å². The van der Waals surface area contributed by atoms with Crippen molar-refractivity contribution in [2.75, 3.05) is 0 Å². The number of rotatable bonds is 1. The Kier molecular flexibility index (Phi) is 2.17. The maximum absolute atomic E-state index is 5.99. The van der Waals surface area contributed by atoms with E-state index < -0.39 is 0 Å². The zero-order chi connectivity index (χ0) is 12.1. The van der Waals surface area contributed by atoms with Gasteiger partial charge >= 0.3 is 0 Å². The fourth-order valence-electron chi connectivity index (χ4n) is 1.84. The van der Waals surface area contributed by atoms with Crippen molar-refractivity contribution in [2.45, 2.75) is 0 Å². The number of aromatic nitrogens is 4. The molecule has 7 heteroatoms. The molecule has 0 aromatic carbocycles. The molecule has 4 aromatic rings. The van der Waals surface area contributed by atoms with Gasteiger partial charge in [0.1, 0.15) is 0 Å². The fourth-order valence-corrected chi connectivity index (χ4v) is 4.12. The molecule has 0 radical (unpaired) electrons. The molecule has 0 saturated carbocycles. The summed E-state index contributed by atoms with van der Waals surface area (Å²) < 4.78 is 4.41. The van der Waals surface area contributed by atoms with Crippen molar-refractivity contribution >= 4 is 49.3 Å². The van der Waals surface area contributed by atoms with Crippen LogP contribution in [0.1, 0.15) is 0 Å². The summed E-state index contributed by atoms with van der Waals surface area (Å²) in [5.41, 5.74) is 0.589. The first kappa shape index (κ1) is 10.4. The third-order valence-electron chi connectivity index (χ3n) is 2.64. The summed E-state index contributed by atoms with van der Waals surface area (Å²) in [7, 11) is 0. The van der Waals surface area contributed by atoms with Gasteiger partial charge in [-0.15, -0.1) is 32.9 Å². The third kappa shape index (κ3) is 1.40. The highest BCUT2D eigenvalue weighted by atomic mass is 35.5. The summed E-state index contributed by atoms with van der Waals surface area (Å²) in [5, 5.41) is 10.7. The molecule has 4 nitrogen and oxygen atoms in total. The van der Waals surface area contributed by atoms with Gasteiger partial charge in [0.15, 0.2) is 16.6 Å². The zero-order valence-electron chi connectivity index (χ0n) is 8.87. The van der Waals surface area contributed by atoms with E-state index in [1.165, 1.54) is 9.40 Å². The minimum Gasteiger partial charge on any atom is -0.278 e. The Hall–Kier alpha value is -1.50. The van der Waals surface area contributed by atoms with Crippen molar-refractivity contribution < 1.29 is 0 Å². The third-order valence-corrected chi connectivity index (χ3v) is 5.00. The Labute approximate surface area is 114 Å². The van der Waals surface area contributed by atoms with Gasteiger partial charge in [-0.05, 0) is 17.5 Å². The smallest absolute Gasteiger partial charge is 0.198 e. The molecular formula is C11H5ClN4S2. The van der Waals surface area contributed by atoms with Crippen LogP contribution in [0, 0.1) is 0 Å². The summed E-state index contributed by atoms with van der Waals surface area (Å²) in [6, 6.07) is 4.25. The van der Waals surface area contributed by atoms with Crippen molar-refractivity contribution in [1.82, 2.24) is 19.6 Å². The molecule has 0 unspecified atom stereocenters. The average Bonchev–Trinajstić information content (AvgIpc) is 3.00. The largest absolute Gasteiger partial charge is 0.278 e. The summed E-state index contributed by atoms with van der Waals surface area (Å²) >= 11 is 9.42. The second kappa shape index (κ2) is 3.74. The van der Waals surface area contributed by atoms with Crippen molar-refractivity contribution in [1.29, 1.82) is 0 Å². The van der Waals surface area contributed by atoms with E-state index in [-0.39, 0.29) is 0 Å². The topological polar surface area (TPSA) is 43.1 Å². The number of thiophene rings is 2. The molecule has 88 valence electrons. The number of hydrogen-bond donors (Lipinski definition) is 0. The highest BCUT2D eigenvalue weighted by molar-refractivity contribution is 7.28. The summed E-state index contributed by atoms with van der Waals surface area (Å²) in [5.74, 6) is 0.808. The standard InChI is InChI=1S/C11H5ClN4S2/c12-9-11-15-14-10(16(11)3-2-13-9)8-5-7-6(18-8)1-4-17-7/h1-5H. The summed E-state index contributed by atoms with van der Waals surface area (Å²) in [4.78, 5) is 5.08. The fraction of sp³-hybridized carbons (Fsp3) is 0. The number of fused-ring (bicyclic) bond motifs is 2. The molecule has 0 fully saturated rings. The first-order valence-corrected chi connectivity index (χ1v) is 7.23. The lowest BCUT2D eigenvalue weighted by molar-refractivity contribution is 1.12. The van der Waals surface area contributed by atoms with Gasteiger partial charge in [-0.3, -0.25) is 4.40 Å². The molecule has 0 aliphatic carbocycles. The molecule has 0 bridgehead atoms. The van der Waals surface area contributed by atoms with Crippen molar-refractivity contribution in [2.24, 2.45) is 0 Å². The number of halogens is 1. The zero-order valence-corrected chi connectivity index (χ0v) is 11.3. The normalized spacial score (nSPS) is 11.6. The van der Waals surface area contributed by atoms with Crippen molar-refractivity contribution in [3.8, 4) is 10.7 Å². The van der Waals surface area contributed by atoms with E-state index in [9.17, 15) is 0 Å². The first-order valence-electron chi connectivity index (χ1n) is 5.15. The number of hydrogen-bond acceptors (Lipinski definition) is 5. The Morgan fingerprint density at radius 3 is 3.06 bits per heavy atom. The van der Waals surface area contributed by atoms with Gasteiger partial charge in [0.2, 0.25) is 0 Å². The van der Waals surface area contributed by atoms with E-state index in [4.69, 9.17) is 11.6 Å². The van der Waals surface area contributed by atoms with Gasteiger partial charge in [-0.2, -0.15) is 0 Å². The second-order valence-electron chi connectivity index (χ2n) is 3.70. The molecule has 0 saturated heterocycles. The second-order valence-corrected chi connectivity index (χ2v) is 6.08. The molecule has 4 aromatic heterocycles. The van der Waals surface area contributed by atoms with Crippen LogP contribution in [0.4, 0.5) is 0 Å². The van der Waals surface area contributed by atoms with Crippen LogP contribution in [-0.2, 0) is 0 Å². The monoisotopic (exact) mass is 292 g/mol. The molecule has 0 N–H and O–H groups in total. The minimum absolute atomic E-state index is 0.370. The maximum atomic E-state index is 5.99.